The molecule has 0 heterocycles. The van der Waals surface area contributed by atoms with E-state index in [9.17, 15) is 13.2 Å². The molecule has 0 saturated carbocycles. The van der Waals surface area contributed by atoms with Gasteiger partial charge in [-0.3, -0.25) is 4.79 Å². The normalized spacial score (nSPS) is 12.2. The fourth-order valence-corrected chi connectivity index (χ4v) is 2.84. The van der Waals surface area contributed by atoms with Crippen LogP contribution in [0.3, 0.4) is 0 Å². The molecule has 0 saturated heterocycles. The lowest BCUT2D eigenvalue weighted by atomic mass is 10.2. The van der Waals surface area contributed by atoms with Gasteiger partial charge in [0.25, 0.3) is 5.91 Å². The number of halogens is 1. The van der Waals surface area contributed by atoms with Gasteiger partial charge in [-0.15, -0.1) is 12.4 Å². The molecule has 1 rings (SSSR count). The average molecular weight is 366 g/mol. The predicted molar refractivity (Wildman–Crippen MR) is 92.0 cm³/mol. The Morgan fingerprint density at radius 1 is 1.35 bits per heavy atom. The van der Waals surface area contributed by atoms with Gasteiger partial charge >= 0.3 is 0 Å². The summed E-state index contributed by atoms with van der Waals surface area (Å²) in [4.78, 5) is 13.5. The second kappa shape index (κ2) is 9.07. The summed E-state index contributed by atoms with van der Waals surface area (Å²) in [6.45, 7) is 2.11. The number of sulfonamides is 1. The highest BCUT2D eigenvalue weighted by molar-refractivity contribution is 7.89. The number of likely N-dealkylation sites (N-methyl/N-ethyl adjacent to an activating group) is 1. The summed E-state index contributed by atoms with van der Waals surface area (Å²) in [5, 5.41) is 2.94. The second-order valence-corrected chi connectivity index (χ2v) is 6.87. The molecule has 7 nitrogen and oxygen atoms in total. The van der Waals surface area contributed by atoms with Crippen molar-refractivity contribution >= 4 is 28.3 Å². The topological polar surface area (TPSA) is 87.7 Å². The van der Waals surface area contributed by atoms with Gasteiger partial charge in [0.05, 0.1) is 17.6 Å². The molecule has 1 unspecified atom stereocenters. The fourth-order valence-electron chi connectivity index (χ4n) is 1.68. The molecule has 0 aliphatic rings. The van der Waals surface area contributed by atoms with Crippen LogP contribution in [0, 0.1) is 0 Å². The maximum atomic E-state index is 12.3. The molecule has 2 N–H and O–H groups in total. The third-order valence-corrected chi connectivity index (χ3v) is 4.61. The minimum Gasteiger partial charge on any atom is -0.496 e. The summed E-state index contributed by atoms with van der Waals surface area (Å²) >= 11 is 0. The van der Waals surface area contributed by atoms with E-state index in [0.717, 1.165) is 0 Å². The molecule has 132 valence electrons. The molecule has 23 heavy (non-hydrogen) atoms. The lowest BCUT2D eigenvalue weighted by molar-refractivity contribution is 0.0824. The maximum absolute atomic E-state index is 12.3. The number of carbonyl (C=O) groups excluding carboxylic acids is 1. The highest BCUT2D eigenvalue weighted by Crippen LogP contribution is 2.23. The largest absolute Gasteiger partial charge is 0.496 e. The molecule has 1 aromatic carbocycles. The summed E-state index contributed by atoms with van der Waals surface area (Å²) in [5.74, 6) is 0.0127. The van der Waals surface area contributed by atoms with E-state index in [1.807, 2.05) is 6.92 Å². The van der Waals surface area contributed by atoms with Crippen LogP contribution in [0.2, 0.25) is 0 Å². The molecular formula is C14H24ClN3O4S. The molecule has 0 fully saturated rings. The Balaban J connectivity index is 0.00000484. The number of hydrogen-bond donors (Lipinski definition) is 2. The highest BCUT2D eigenvalue weighted by Gasteiger charge is 2.21. The van der Waals surface area contributed by atoms with Crippen molar-refractivity contribution in [1.82, 2.24) is 14.9 Å². The number of amides is 1. The van der Waals surface area contributed by atoms with Gasteiger partial charge in [-0.05, 0) is 32.2 Å². The third-order valence-electron chi connectivity index (χ3n) is 3.19. The summed E-state index contributed by atoms with van der Waals surface area (Å²) in [6, 6.07) is 4.22. The number of benzene rings is 1. The van der Waals surface area contributed by atoms with Gasteiger partial charge in [0, 0.05) is 26.7 Å². The van der Waals surface area contributed by atoms with Crippen LogP contribution in [0.5, 0.6) is 5.75 Å². The zero-order chi connectivity index (χ0) is 16.9. The smallest absolute Gasteiger partial charge is 0.257 e. The van der Waals surface area contributed by atoms with E-state index in [1.165, 1.54) is 30.2 Å². The van der Waals surface area contributed by atoms with E-state index >= 15 is 0 Å². The third kappa shape index (κ3) is 5.65. The molecule has 0 aliphatic carbocycles. The molecule has 0 bridgehead atoms. The van der Waals surface area contributed by atoms with Crippen molar-refractivity contribution in [3.63, 3.8) is 0 Å². The van der Waals surface area contributed by atoms with Crippen LogP contribution in [0.4, 0.5) is 0 Å². The molecule has 0 aromatic heterocycles. The Bertz CT molecular complexity index is 635. The first-order valence-electron chi connectivity index (χ1n) is 6.79. The van der Waals surface area contributed by atoms with E-state index in [1.54, 1.807) is 21.1 Å². The molecule has 1 atom stereocenters. The number of carbonyl (C=O) groups is 1. The van der Waals surface area contributed by atoms with Gasteiger partial charge in [0.2, 0.25) is 10.0 Å². The van der Waals surface area contributed by atoms with Crippen LogP contribution in [0.15, 0.2) is 23.1 Å². The van der Waals surface area contributed by atoms with Crippen LogP contribution in [0.25, 0.3) is 0 Å². The lowest BCUT2D eigenvalue weighted by Crippen LogP contribution is -2.37. The van der Waals surface area contributed by atoms with Gasteiger partial charge in [-0.1, -0.05) is 0 Å². The number of rotatable bonds is 7. The number of ether oxygens (including phenoxy) is 1. The molecular weight excluding hydrogens is 342 g/mol. The second-order valence-electron chi connectivity index (χ2n) is 5.10. The Labute approximate surface area is 143 Å². The summed E-state index contributed by atoms with van der Waals surface area (Å²) < 4.78 is 32.2. The zero-order valence-electron chi connectivity index (χ0n) is 13.9. The van der Waals surface area contributed by atoms with Crippen molar-refractivity contribution in [3.05, 3.63) is 23.8 Å². The monoisotopic (exact) mass is 365 g/mol. The van der Waals surface area contributed by atoms with E-state index < -0.39 is 10.0 Å². The number of methoxy groups -OCH3 is 1. The first-order valence-corrected chi connectivity index (χ1v) is 8.28. The Morgan fingerprint density at radius 2 is 1.96 bits per heavy atom. The summed E-state index contributed by atoms with van der Waals surface area (Å²) in [7, 11) is 2.68. The number of hydrogen-bond acceptors (Lipinski definition) is 5. The van der Waals surface area contributed by atoms with Crippen molar-refractivity contribution in [3.8, 4) is 5.75 Å². The van der Waals surface area contributed by atoms with Crippen LogP contribution in [-0.4, -0.2) is 60.1 Å². The summed E-state index contributed by atoms with van der Waals surface area (Å²) in [5.41, 5.74) is 0.206. The van der Waals surface area contributed by atoms with Crippen LogP contribution in [0.1, 0.15) is 17.3 Å². The minimum atomic E-state index is -3.69. The highest BCUT2D eigenvalue weighted by atomic mass is 35.5. The van der Waals surface area contributed by atoms with E-state index in [-0.39, 0.29) is 41.4 Å². The molecule has 1 aromatic rings. The Kier molecular flexibility index (Phi) is 8.54. The molecule has 1 amide bonds. The quantitative estimate of drug-likeness (QED) is 0.742. The van der Waals surface area contributed by atoms with Crippen molar-refractivity contribution in [2.45, 2.75) is 17.9 Å². The number of nitrogens with one attached hydrogen (secondary N) is 2. The van der Waals surface area contributed by atoms with Gasteiger partial charge in [-0.2, -0.15) is 0 Å². The Hall–Kier alpha value is -1.35. The van der Waals surface area contributed by atoms with Crippen LogP contribution in [-0.2, 0) is 10.0 Å². The SMILES string of the molecule is CNC(C)CNS(=O)(=O)c1ccc(OC)c(C(=O)N(C)C)c1.Cl. The van der Waals surface area contributed by atoms with Crippen molar-refractivity contribution in [2.24, 2.45) is 0 Å². The van der Waals surface area contributed by atoms with Crippen molar-refractivity contribution in [2.75, 3.05) is 34.8 Å². The molecule has 9 heteroatoms. The molecule has 0 radical (unpaired) electrons. The average Bonchev–Trinajstić information content (AvgIpc) is 2.50. The standard InChI is InChI=1S/C14H23N3O4S.ClH/c1-10(15-2)9-16-22(19,20)11-6-7-13(21-5)12(8-11)14(18)17(3)4;/h6-8,10,15-16H,9H2,1-5H3;1H. The number of nitrogens with zero attached hydrogens (tertiary/aromatic N) is 1. The van der Waals surface area contributed by atoms with E-state index in [0.29, 0.717) is 5.75 Å². The molecule has 0 aliphatic heterocycles. The maximum Gasteiger partial charge on any atom is 0.257 e. The lowest BCUT2D eigenvalue weighted by Gasteiger charge is -2.16. The predicted octanol–water partition coefficient (Wildman–Crippen LogP) is 0.705. The molecule has 0 spiro atoms. The first-order chi connectivity index (χ1) is 10.2. The van der Waals surface area contributed by atoms with E-state index in [2.05, 4.69) is 10.0 Å². The van der Waals surface area contributed by atoms with Gasteiger partial charge in [-0.25, -0.2) is 13.1 Å². The van der Waals surface area contributed by atoms with Crippen molar-refractivity contribution < 1.29 is 17.9 Å². The fraction of sp³-hybridized carbons (Fsp3) is 0.500. The van der Waals surface area contributed by atoms with Gasteiger partial charge < -0.3 is 15.0 Å². The van der Waals surface area contributed by atoms with Crippen molar-refractivity contribution in [1.29, 1.82) is 0 Å². The van der Waals surface area contributed by atoms with Gasteiger partial charge in [0.1, 0.15) is 5.75 Å². The Morgan fingerprint density at radius 3 is 2.43 bits per heavy atom. The van der Waals surface area contributed by atoms with Gasteiger partial charge in [0.15, 0.2) is 0 Å². The zero-order valence-corrected chi connectivity index (χ0v) is 15.5. The van der Waals surface area contributed by atoms with Crippen LogP contribution >= 0.6 is 12.4 Å². The van der Waals surface area contributed by atoms with E-state index in [4.69, 9.17) is 4.74 Å². The van der Waals surface area contributed by atoms with Crippen LogP contribution < -0.4 is 14.8 Å². The first kappa shape index (κ1) is 21.6. The summed E-state index contributed by atoms with van der Waals surface area (Å²) in [6.07, 6.45) is 0. The minimum absolute atomic E-state index is 0.